The zero-order valence-electron chi connectivity index (χ0n) is 12.3. The average Bonchev–Trinajstić information content (AvgIpc) is 2.46. The van der Waals surface area contributed by atoms with Crippen LogP contribution in [0.1, 0.15) is 24.1 Å². The number of nitrogens with one attached hydrogen (secondary N) is 1. The molecule has 0 heterocycles. The zero-order chi connectivity index (χ0) is 17.0. The summed E-state index contributed by atoms with van der Waals surface area (Å²) in [5, 5.41) is 11.1. The highest BCUT2D eigenvalue weighted by atomic mass is 35.5. The second-order valence-corrected chi connectivity index (χ2v) is 7.27. The summed E-state index contributed by atoms with van der Waals surface area (Å²) in [6, 6.07) is 11.9. The fourth-order valence-corrected chi connectivity index (χ4v) is 3.68. The molecule has 0 amide bonds. The number of rotatable bonds is 6. The molecular formula is C15H15ClN2O4S. The molecule has 0 aliphatic heterocycles. The number of nitro benzene ring substituents is 1. The van der Waals surface area contributed by atoms with Gasteiger partial charge in [-0.2, -0.15) is 0 Å². The largest absolute Gasteiger partial charge is 0.269 e. The quantitative estimate of drug-likeness (QED) is 0.635. The first-order valence-corrected chi connectivity index (χ1v) is 8.79. The molecule has 1 N–H and O–H groups in total. The normalized spacial score (nSPS) is 12.8. The number of nitro groups is 1. The van der Waals surface area contributed by atoms with Crippen LogP contribution in [0.2, 0.25) is 5.02 Å². The first kappa shape index (κ1) is 17.4. The monoisotopic (exact) mass is 354 g/mol. The highest BCUT2D eigenvalue weighted by molar-refractivity contribution is 7.88. The van der Waals surface area contributed by atoms with E-state index in [-0.39, 0.29) is 11.4 Å². The second-order valence-electron chi connectivity index (χ2n) is 5.08. The van der Waals surface area contributed by atoms with Gasteiger partial charge in [-0.05, 0) is 30.2 Å². The van der Waals surface area contributed by atoms with E-state index in [9.17, 15) is 18.5 Å². The number of halogens is 1. The Morgan fingerprint density at radius 2 is 1.87 bits per heavy atom. The third-order valence-electron chi connectivity index (χ3n) is 3.21. The molecule has 0 unspecified atom stereocenters. The Bertz CT molecular complexity index is 806. The minimum Gasteiger partial charge on any atom is -0.258 e. The SMILES string of the molecule is C[C@H](NS(=O)(=O)Cc1ccc([N+](=O)[O-])cc1)c1cccc(Cl)c1. The molecular weight excluding hydrogens is 340 g/mol. The number of nitrogens with zero attached hydrogens (tertiary/aromatic N) is 1. The van der Waals surface area contributed by atoms with Crippen LogP contribution in [0.5, 0.6) is 0 Å². The van der Waals surface area contributed by atoms with Crippen molar-refractivity contribution in [1.29, 1.82) is 0 Å². The molecule has 122 valence electrons. The highest BCUT2D eigenvalue weighted by Gasteiger charge is 2.17. The first-order chi connectivity index (χ1) is 10.8. The lowest BCUT2D eigenvalue weighted by molar-refractivity contribution is -0.384. The van der Waals surface area contributed by atoms with Crippen molar-refractivity contribution in [2.24, 2.45) is 0 Å². The van der Waals surface area contributed by atoms with Crippen molar-refractivity contribution < 1.29 is 13.3 Å². The van der Waals surface area contributed by atoms with E-state index in [1.807, 2.05) is 0 Å². The Labute approximate surface area is 139 Å². The Kier molecular flexibility index (Phi) is 5.35. The molecule has 2 rings (SSSR count). The van der Waals surface area contributed by atoms with Gasteiger partial charge in [-0.15, -0.1) is 0 Å². The Morgan fingerprint density at radius 3 is 2.43 bits per heavy atom. The Morgan fingerprint density at radius 1 is 1.22 bits per heavy atom. The lowest BCUT2D eigenvalue weighted by Gasteiger charge is -2.15. The number of benzene rings is 2. The van der Waals surface area contributed by atoms with E-state index in [1.165, 1.54) is 24.3 Å². The fourth-order valence-electron chi connectivity index (χ4n) is 2.09. The molecule has 2 aromatic rings. The van der Waals surface area contributed by atoms with Crippen LogP contribution in [0.4, 0.5) is 5.69 Å². The molecule has 1 atom stereocenters. The molecule has 23 heavy (non-hydrogen) atoms. The second kappa shape index (κ2) is 7.08. The van der Waals surface area contributed by atoms with Gasteiger partial charge in [0.15, 0.2) is 0 Å². The van der Waals surface area contributed by atoms with Crippen molar-refractivity contribution in [2.45, 2.75) is 18.7 Å². The third-order valence-corrected chi connectivity index (χ3v) is 4.87. The van der Waals surface area contributed by atoms with Crippen molar-refractivity contribution >= 4 is 27.3 Å². The van der Waals surface area contributed by atoms with Crippen molar-refractivity contribution in [3.8, 4) is 0 Å². The molecule has 0 aliphatic rings. The molecule has 0 saturated carbocycles. The molecule has 0 saturated heterocycles. The molecule has 0 aromatic heterocycles. The lowest BCUT2D eigenvalue weighted by Crippen LogP contribution is -2.28. The molecule has 2 aromatic carbocycles. The van der Waals surface area contributed by atoms with Gasteiger partial charge in [-0.1, -0.05) is 35.9 Å². The van der Waals surface area contributed by atoms with Gasteiger partial charge in [0.1, 0.15) is 0 Å². The van der Waals surface area contributed by atoms with Crippen LogP contribution < -0.4 is 4.72 Å². The summed E-state index contributed by atoms with van der Waals surface area (Å²) in [4.78, 5) is 10.1. The standard InChI is InChI=1S/C15H15ClN2O4S/c1-11(13-3-2-4-14(16)9-13)17-23(21,22)10-12-5-7-15(8-6-12)18(19)20/h2-9,11,17H,10H2,1H3/t11-/m0/s1. The maximum Gasteiger partial charge on any atom is 0.269 e. The van der Waals surface area contributed by atoms with Crippen LogP contribution in [0.25, 0.3) is 0 Å². The van der Waals surface area contributed by atoms with Crippen LogP contribution >= 0.6 is 11.6 Å². The topological polar surface area (TPSA) is 89.3 Å². The van der Waals surface area contributed by atoms with Crippen LogP contribution in [-0.2, 0) is 15.8 Å². The maximum atomic E-state index is 12.2. The molecule has 0 radical (unpaired) electrons. The minimum atomic E-state index is -3.59. The Balaban J connectivity index is 2.08. The zero-order valence-corrected chi connectivity index (χ0v) is 13.8. The van der Waals surface area contributed by atoms with Crippen molar-refractivity contribution in [2.75, 3.05) is 0 Å². The number of hydrogen-bond acceptors (Lipinski definition) is 4. The Hall–Kier alpha value is -1.96. The molecule has 0 bridgehead atoms. The van der Waals surface area contributed by atoms with Gasteiger partial charge in [-0.25, -0.2) is 13.1 Å². The van der Waals surface area contributed by atoms with Crippen LogP contribution in [0, 0.1) is 10.1 Å². The van der Waals surface area contributed by atoms with Crippen molar-refractivity contribution in [3.63, 3.8) is 0 Å². The van der Waals surface area contributed by atoms with E-state index in [1.54, 1.807) is 31.2 Å². The predicted octanol–water partition coefficient (Wildman–Crippen LogP) is 3.43. The maximum absolute atomic E-state index is 12.2. The van der Waals surface area contributed by atoms with Gasteiger partial charge in [0.2, 0.25) is 10.0 Å². The van der Waals surface area contributed by atoms with Crippen molar-refractivity contribution in [1.82, 2.24) is 4.72 Å². The van der Waals surface area contributed by atoms with E-state index in [4.69, 9.17) is 11.6 Å². The molecule has 6 nitrogen and oxygen atoms in total. The van der Waals surface area contributed by atoms with Gasteiger partial charge >= 0.3 is 0 Å². The summed E-state index contributed by atoms with van der Waals surface area (Å²) in [5.41, 5.74) is 1.15. The van der Waals surface area contributed by atoms with E-state index < -0.39 is 21.0 Å². The van der Waals surface area contributed by atoms with Crippen LogP contribution in [0.15, 0.2) is 48.5 Å². The number of sulfonamides is 1. The van der Waals surface area contributed by atoms with E-state index in [0.29, 0.717) is 10.6 Å². The number of non-ortho nitro benzene ring substituents is 1. The van der Waals surface area contributed by atoms with Crippen LogP contribution in [-0.4, -0.2) is 13.3 Å². The summed E-state index contributed by atoms with van der Waals surface area (Å²) in [6.07, 6.45) is 0. The first-order valence-electron chi connectivity index (χ1n) is 6.75. The third kappa shape index (κ3) is 5.02. The molecule has 0 aliphatic carbocycles. The fraction of sp³-hybridized carbons (Fsp3) is 0.200. The van der Waals surface area contributed by atoms with E-state index in [0.717, 1.165) is 5.56 Å². The summed E-state index contributed by atoms with van der Waals surface area (Å²) < 4.78 is 27.0. The predicted molar refractivity (Wildman–Crippen MR) is 88.7 cm³/mol. The lowest BCUT2D eigenvalue weighted by atomic mass is 10.1. The summed E-state index contributed by atoms with van der Waals surface area (Å²) in [7, 11) is -3.59. The summed E-state index contributed by atoms with van der Waals surface area (Å²) in [5.74, 6) is -0.254. The smallest absolute Gasteiger partial charge is 0.258 e. The van der Waals surface area contributed by atoms with E-state index in [2.05, 4.69) is 4.72 Å². The van der Waals surface area contributed by atoms with E-state index >= 15 is 0 Å². The van der Waals surface area contributed by atoms with Gasteiger partial charge in [0, 0.05) is 23.2 Å². The molecule has 8 heteroatoms. The highest BCUT2D eigenvalue weighted by Crippen LogP contribution is 2.19. The van der Waals surface area contributed by atoms with Gasteiger partial charge in [0.05, 0.1) is 10.7 Å². The molecule has 0 spiro atoms. The van der Waals surface area contributed by atoms with Gasteiger partial charge in [0.25, 0.3) is 5.69 Å². The van der Waals surface area contributed by atoms with Gasteiger partial charge < -0.3 is 0 Å². The minimum absolute atomic E-state index is 0.0774. The number of hydrogen-bond donors (Lipinski definition) is 1. The van der Waals surface area contributed by atoms with Crippen LogP contribution in [0.3, 0.4) is 0 Å². The van der Waals surface area contributed by atoms with Gasteiger partial charge in [-0.3, -0.25) is 10.1 Å². The summed E-state index contributed by atoms with van der Waals surface area (Å²) in [6.45, 7) is 1.72. The average molecular weight is 355 g/mol. The molecule has 0 fully saturated rings. The van der Waals surface area contributed by atoms with Crippen molar-refractivity contribution in [3.05, 3.63) is 74.8 Å². The summed E-state index contributed by atoms with van der Waals surface area (Å²) >= 11 is 5.90.